The number of likely N-dealkylation sites (tertiary alicyclic amines) is 1. The Balaban J connectivity index is 2.79. The molecule has 1 heterocycles. The summed E-state index contributed by atoms with van der Waals surface area (Å²) in [6.45, 7) is 5.74. The standard InChI is InChI=1S/C11H19F3N2O2/c1-7-5-16(8(17)18-9(2,3)4)6-10(7,15)11(12,13)14/h7H,5-6,15H2,1-4H3/t7-,10+/m1/s1. The van der Waals surface area contributed by atoms with Gasteiger partial charge in [-0.05, 0) is 20.8 Å². The predicted octanol–water partition coefficient (Wildman–Crippen LogP) is 2.13. The van der Waals surface area contributed by atoms with E-state index in [1.807, 2.05) is 0 Å². The number of nitrogens with zero attached hydrogens (tertiary/aromatic N) is 1. The number of amides is 1. The zero-order chi connectivity index (χ0) is 14.4. The van der Waals surface area contributed by atoms with Crippen LogP contribution in [-0.4, -0.2) is 41.4 Å². The first kappa shape index (κ1) is 15.1. The molecule has 0 saturated carbocycles. The first-order valence-electron chi connectivity index (χ1n) is 5.70. The van der Waals surface area contributed by atoms with Crippen molar-refractivity contribution in [2.24, 2.45) is 11.7 Å². The van der Waals surface area contributed by atoms with Gasteiger partial charge in [0.25, 0.3) is 0 Å². The zero-order valence-corrected chi connectivity index (χ0v) is 11.0. The molecule has 2 atom stereocenters. The van der Waals surface area contributed by atoms with Gasteiger partial charge in [0.1, 0.15) is 11.1 Å². The molecule has 1 rings (SSSR count). The summed E-state index contributed by atoms with van der Waals surface area (Å²) in [6.07, 6.45) is -5.30. The molecule has 1 amide bonds. The molecule has 1 aliphatic heterocycles. The summed E-state index contributed by atoms with van der Waals surface area (Å²) in [5.74, 6) is -0.856. The number of hydrogen-bond donors (Lipinski definition) is 1. The fraction of sp³-hybridized carbons (Fsp3) is 0.909. The van der Waals surface area contributed by atoms with Crippen molar-refractivity contribution in [3.05, 3.63) is 0 Å². The Labute approximate surface area is 104 Å². The van der Waals surface area contributed by atoms with E-state index in [1.165, 1.54) is 6.92 Å². The number of ether oxygens (including phenoxy) is 1. The molecule has 2 N–H and O–H groups in total. The first-order chi connectivity index (χ1) is 7.87. The van der Waals surface area contributed by atoms with Crippen molar-refractivity contribution in [1.82, 2.24) is 4.90 Å². The lowest BCUT2D eigenvalue weighted by molar-refractivity contribution is -0.190. The minimum atomic E-state index is -4.54. The predicted molar refractivity (Wildman–Crippen MR) is 59.9 cm³/mol. The van der Waals surface area contributed by atoms with E-state index in [-0.39, 0.29) is 6.54 Å². The average Bonchev–Trinajstić information content (AvgIpc) is 2.40. The van der Waals surface area contributed by atoms with Gasteiger partial charge in [0, 0.05) is 12.5 Å². The minimum absolute atomic E-state index is 0.0507. The molecule has 1 saturated heterocycles. The first-order valence-corrected chi connectivity index (χ1v) is 5.70. The second-order valence-corrected chi connectivity index (χ2v) is 5.80. The van der Waals surface area contributed by atoms with E-state index in [0.29, 0.717) is 0 Å². The molecule has 18 heavy (non-hydrogen) atoms. The van der Waals surface area contributed by atoms with Crippen molar-refractivity contribution in [2.75, 3.05) is 13.1 Å². The number of carbonyl (C=O) groups excluding carboxylic acids is 1. The number of alkyl halides is 3. The number of rotatable bonds is 0. The summed E-state index contributed by atoms with van der Waals surface area (Å²) in [6, 6.07) is 0. The summed E-state index contributed by atoms with van der Waals surface area (Å²) in [4.78, 5) is 12.7. The zero-order valence-electron chi connectivity index (χ0n) is 11.0. The molecule has 0 aliphatic carbocycles. The van der Waals surface area contributed by atoms with Gasteiger partial charge < -0.3 is 15.4 Å². The Morgan fingerprint density at radius 3 is 2.22 bits per heavy atom. The number of nitrogens with two attached hydrogens (primary N) is 1. The number of halogens is 3. The van der Waals surface area contributed by atoms with Crippen LogP contribution in [0, 0.1) is 5.92 Å². The average molecular weight is 268 g/mol. The van der Waals surface area contributed by atoms with Crippen molar-refractivity contribution in [2.45, 2.75) is 45.0 Å². The molecule has 0 aromatic carbocycles. The van der Waals surface area contributed by atoms with Crippen LogP contribution in [0.1, 0.15) is 27.7 Å². The van der Waals surface area contributed by atoms with E-state index in [9.17, 15) is 18.0 Å². The van der Waals surface area contributed by atoms with Crippen LogP contribution in [0.2, 0.25) is 0 Å². The molecule has 0 radical (unpaired) electrons. The maximum Gasteiger partial charge on any atom is 0.410 e. The van der Waals surface area contributed by atoms with Crippen LogP contribution in [0.25, 0.3) is 0 Å². The van der Waals surface area contributed by atoms with Crippen molar-refractivity contribution >= 4 is 6.09 Å². The lowest BCUT2D eigenvalue weighted by Gasteiger charge is -2.30. The van der Waals surface area contributed by atoms with Crippen LogP contribution < -0.4 is 5.73 Å². The van der Waals surface area contributed by atoms with Gasteiger partial charge in [0.2, 0.25) is 0 Å². The highest BCUT2D eigenvalue weighted by molar-refractivity contribution is 5.69. The van der Waals surface area contributed by atoms with Crippen molar-refractivity contribution < 1.29 is 22.7 Å². The van der Waals surface area contributed by atoms with E-state index < -0.39 is 35.9 Å². The topological polar surface area (TPSA) is 55.6 Å². The molecule has 4 nitrogen and oxygen atoms in total. The van der Waals surface area contributed by atoms with E-state index >= 15 is 0 Å². The van der Waals surface area contributed by atoms with Crippen molar-refractivity contribution in [1.29, 1.82) is 0 Å². The highest BCUT2D eigenvalue weighted by Gasteiger charge is 2.60. The molecule has 1 fully saturated rings. The summed E-state index contributed by atoms with van der Waals surface area (Å²) in [7, 11) is 0. The third-order valence-electron chi connectivity index (χ3n) is 3.01. The van der Waals surface area contributed by atoms with Crippen LogP contribution in [0.3, 0.4) is 0 Å². The van der Waals surface area contributed by atoms with E-state index in [1.54, 1.807) is 20.8 Å². The quantitative estimate of drug-likeness (QED) is 0.732. The van der Waals surface area contributed by atoms with E-state index in [0.717, 1.165) is 4.90 Å². The monoisotopic (exact) mass is 268 g/mol. The molecule has 0 spiro atoms. The summed E-state index contributed by atoms with van der Waals surface area (Å²) < 4.78 is 43.6. The van der Waals surface area contributed by atoms with E-state index in [2.05, 4.69) is 0 Å². The van der Waals surface area contributed by atoms with Crippen LogP contribution in [0.5, 0.6) is 0 Å². The Morgan fingerprint density at radius 1 is 1.39 bits per heavy atom. The van der Waals surface area contributed by atoms with Gasteiger partial charge in [-0.15, -0.1) is 0 Å². The Hall–Kier alpha value is -0.980. The van der Waals surface area contributed by atoms with Crippen LogP contribution in [0.4, 0.5) is 18.0 Å². The fourth-order valence-corrected chi connectivity index (χ4v) is 1.86. The third-order valence-corrected chi connectivity index (χ3v) is 3.01. The summed E-state index contributed by atoms with van der Waals surface area (Å²) in [5, 5.41) is 0. The maximum absolute atomic E-state index is 12.9. The molecule has 0 unspecified atom stereocenters. The van der Waals surface area contributed by atoms with Gasteiger partial charge in [0.05, 0.1) is 6.54 Å². The largest absolute Gasteiger partial charge is 0.444 e. The highest BCUT2D eigenvalue weighted by atomic mass is 19.4. The molecular weight excluding hydrogens is 249 g/mol. The smallest absolute Gasteiger partial charge is 0.410 e. The Bertz CT molecular complexity index is 338. The Morgan fingerprint density at radius 2 is 1.89 bits per heavy atom. The maximum atomic E-state index is 12.9. The molecule has 0 aromatic heterocycles. The van der Waals surface area contributed by atoms with Crippen LogP contribution in [0.15, 0.2) is 0 Å². The molecule has 0 aromatic rings. The second kappa shape index (κ2) is 4.29. The Kier molecular flexibility index (Phi) is 3.60. The van der Waals surface area contributed by atoms with Gasteiger partial charge in [0.15, 0.2) is 0 Å². The van der Waals surface area contributed by atoms with Crippen molar-refractivity contribution in [3.63, 3.8) is 0 Å². The van der Waals surface area contributed by atoms with Gasteiger partial charge in [-0.2, -0.15) is 13.2 Å². The minimum Gasteiger partial charge on any atom is -0.444 e. The van der Waals surface area contributed by atoms with Crippen LogP contribution in [-0.2, 0) is 4.74 Å². The normalized spacial score (nSPS) is 29.6. The molecule has 106 valence electrons. The van der Waals surface area contributed by atoms with Gasteiger partial charge in [-0.25, -0.2) is 4.79 Å². The van der Waals surface area contributed by atoms with Gasteiger partial charge in [-0.3, -0.25) is 0 Å². The molecule has 0 bridgehead atoms. The fourth-order valence-electron chi connectivity index (χ4n) is 1.86. The van der Waals surface area contributed by atoms with Gasteiger partial charge >= 0.3 is 12.3 Å². The van der Waals surface area contributed by atoms with Gasteiger partial charge in [-0.1, -0.05) is 6.92 Å². The highest BCUT2D eigenvalue weighted by Crippen LogP contribution is 2.39. The molecule has 1 aliphatic rings. The number of carbonyl (C=O) groups is 1. The lowest BCUT2D eigenvalue weighted by atomic mass is 9.89. The van der Waals surface area contributed by atoms with Crippen LogP contribution >= 0.6 is 0 Å². The van der Waals surface area contributed by atoms with Crippen molar-refractivity contribution in [3.8, 4) is 0 Å². The summed E-state index contributed by atoms with van der Waals surface area (Å²) >= 11 is 0. The molecule has 7 heteroatoms. The third kappa shape index (κ3) is 2.88. The SMILES string of the molecule is C[C@@H]1CN(C(=O)OC(C)(C)C)C[C@@]1(N)C(F)(F)F. The van der Waals surface area contributed by atoms with E-state index in [4.69, 9.17) is 10.5 Å². The molecular formula is C11H19F3N2O2. The second-order valence-electron chi connectivity index (χ2n) is 5.80. The number of hydrogen-bond acceptors (Lipinski definition) is 3. The lowest BCUT2D eigenvalue weighted by Crippen LogP contribution is -2.59. The summed E-state index contributed by atoms with van der Waals surface area (Å²) in [5.41, 5.74) is 2.30.